The quantitative estimate of drug-likeness (QED) is 0.293. The van der Waals surface area contributed by atoms with Crippen molar-refractivity contribution in [3.8, 4) is 5.75 Å². The average Bonchev–Trinajstić information content (AvgIpc) is 3.07. The molecule has 0 atom stereocenters. The van der Waals surface area contributed by atoms with Crippen LogP contribution >= 0.6 is 11.8 Å². The lowest BCUT2D eigenvalue weighted by Gasteiger charge is -2.13. The van der Waals surface area contributed by atoms with Crippen LogP contribution in [0.4, 0.5) is 5.95 Å². The summed E-state index contributed by atoms with van der Waals surface area (Å²) in [7, 11) is -3.36. The Labute approximate surface area is 186 Å². The van der Waals surface area contributed by atoms with Gasteiger partial charge < -0.3 is 10.5 Å². The highest BCUT2D eigenvalue weighted by molar-refractivity contribution is 7.98. The number of nitrogen functional groups attached to an aromatic ring is 1. The highest BCUT2D eigenvalue weighted by Crippen LogP contribution is 2.31. The third-order valence-electron chi connectivity index (χ3n) is 4.77. The van der Waals surface area contributed by atoms with Gasteiger partial charge in [-0.1, -0.05) is 37.8 Å². The molecule has 3 rings (SSSR count). The van der Waals surface area contributed by atoms with Crippen LogP contribution in [0.2, 0.25) is 0 Å². The SMILES string of the molecule is C=CCCOc1cc(S(C)(=O)=O)ccc1Cc1nn2c(N)nc(SC)nc2c1C(C)C. The zero-order chi connectivity index (χ0) is 22.8. The van der Waals surface area contributed by atoms with Crippen LogP contribution in [0.1, 0.15) is 43.0 Å². The molecule has 0 aliphatic carbocycles. The van der Waals surface area contributed by atoms with Gasteiger partial charge in [-0.15, -0.1) is 6.58 Å². The number of aromatic nitrogens is 4. The van der Waals surface area contributed by atoms with Crippen molar-refractivity contribution in [2.45, 2.75) is 42.7 Å². The zero-order valence-electron chi connectivity index (χ0n) is 18.1. The van der Waals surface area contributed by atoms with E-state index in [0.717, 1.165) is 16.8 Å². The number of nitrogens with zero attached hydrogens (tertiary/aromatic N) is 4. The van der Waals surface area contributed by atoms with Gasteiger partial charge in [0.25, 0.3) is 0 Å². The van der Waals surface area contributed by atoms with E-state index < -0.39 is 9.84 Å². The van der Waals surface area contributed by atoms with Crippen LogP contribution in [0, 0.1) is 0 Å². The van der Waals surface area contributed by atoms with Gasteiger partial charge in [-0.2, -0.15) is 14.6 Å². The van der Waals surface area contributed by atoms with Crippen molar-refractivity contribution in [2.24, 2.45) is 0 Å². The van der Waals surface area contributed by atoms with Crippen molar-refractivity contribution in [3.63, 3.8) is 0 Å². The lowest BCUT2D eigenvalue weighted by Crippen LogP contribution is -2.05. The number of nitrogens with two attached hydrogens (primary N) is 1. The molecule has 3 aromatic rings. The zero-order valence-corrected chi connectivity index (χ0v) is 19.8. The van der Waals surface area contributed by atoms with E-state index in [-0.39, 0.29) is 16.8 Å². The molecule has 0 aliphatic rings. The van der Waals surface area contributed by atoms with Gasteiger partial charge in [0, 0.05) is 23.8 Å². The Bertz CT molecular complexity index is 1220. The number of anilines is 1. The van der Waals surface area contributed by atoms with Gasteiger partial charge in [0.1, 0.15) is 5.75 Å². The Morgan fingerprint density at radius 2 is 2.06 bits per heavy atom. The van der Waals surface area contributed by atoms with Crippen molar-refractivity contribution in [3.05, 3.63) is 47.7 Å². The van der Waals surface area contributed by atoms with Crippen LogP contribution < -0.4 is 10.5 Å². The molecule has 0 radical (unpaired) electrons. The number of rotatable bonds is 9. The third-order valence-corrected chi connectivity index (χ3v) is 6.42. The molecule has 0 bridgehead atoms. The predicted molar refractivity (Wildman–Crippen MR) is 124 cm³/mol. The summed E-state index contributed by atoms with van der Waals surface area (Å²) in [4.78, 5) is 9.11. The summed E-state index contributed by atoms with van der Waals surface area (Å²) in [6, 6.07) is 4.94. The van der Waals surface area contributed by atoms with E-state index in [9.17, 15) is 8.42 Å². The van der Waals surface area contributed by atoms with Crippen LogP contribution in [0.25, 0.3) is 5.65 Å². The first-order chi connectivity index (χ1) is 14.7. The highest BCUT2D eigenvalue weighted by atomic mass is 32.2. The number of thioether (sulfide) groups is 1. The fourth-order valence-electron chi connectivity index (χ4n) is 3.29. The van der Waals surface area contributed by atoms with Crippen molar-refractivity contribution in [1.82, 2.24) is 19.6 Å². The molecule has 31 heavy (non-hydrogen) atoms. The molecular formula is C21H27N5O3S2. The van der Waals surface area contributed by atoms with Gasteiger partial charge >= 0.3 is 0 Å². The van der Waals surface area contributed by atoms with Crippen LogP contribution in [-0.4, -0.2) is 47.1 Å². The number of hydrogen-bond acceptors (Lipinski definition) is 8. The minimum Gasteiger partial charge on any atom is -0.493 e. The normalized spacial score (nSPS) is 11.9. The maximum atomic E-state index is 12.0. The molecule has 0 saturated heterocycles. The minimum absolute atomic E-state index is 0.150. The molecule has 0 spiro atoms. The average molecular weight is 462 g/mol. The number of benzene rings is 1. The van der Waals surface area contributed by atoms with E-state index in [1.807, 2.05) is 6.26 Å². The van der Waals surface area contributed by atoms with Crippen LogP contribution in [0.5, 0.6) is 5.75 Å². The lowest BCUT2D eigenvalue weighted by molar-refractivity contribution is 0.321. The molecule has 0 aliphatic heterocycles. The van der Waals surface area contributed by atoms with Gasteiger partial charge in [-0.25, -0.2) is 13.4 Å². The summed E-state index contributed by atoms with van der Waals surface area (Å²) in [5.74, 6) is 0.940. The van der Waals surface area contributed by atoms with Crippen molar-refractivity contribution in [1.29, 1.82) is 0 Å². The molecule has 2 N–H and O–H groups in total. The molecular weight excluding hydrogens is 434 g/mol. The van der Waals surface area contributed by atoms with E-state index in [4.69, 9.17) is 10.5 Å². The van der Waals surface area contributed by atoms with E-state index in [2.05, 4.69) is 35.5 Å². The molecule has 0 saturated carbocycles. The molecule has 0 unspecified atom stereocenters. The van der Waals surface area contributed by atoms with Gasteiger partial charge in [0.05, 0.1) is 17.2 Å². The molecule has 166 valence electrons. The Balaban J connectivity index is 2.11. The molecule has 0 fully saturated rings. The van der Waals surface area contributed by atoms with E-state index in [1.54, 1.807) is 28.8 Å². The fourth-order valence-corrected chi connectivity index (χ4v) is 4.28. The molecule has 2 heterocycles. The van der Waals surface area contributed by atoms with Crippen molar-refractivity contribution < 1.29 is 13.2 Å². The van der Waals surface area contributed by atoms with Gasteiger partial charge in [-0.05, 0) is 30.7 Å². The van der Waals surface area contributed by atoms with Crippen LogP contribution in [-0.2, 0) is 16.3 Å². The second-order valence-corrected chi connectivity index (χ2v) is 10.3. The Morgan fingerprint density at radius 3 is 2.68 bits per heavy atom. The third kappa shape index (κ3) is 5.01. The largest absolute Gasteiger partial charge is 0.493 e. The minimum atomic E-state index is -3.36. The van der Waals surface area contributed by atoms with E-state index in [1.165, 1.54) is 18.0 Å². The highest BCUT2D eigenvalue weighted by Gasteiger charge is 2.22. The smallest absolute Gasteiger partial charge is 0.225 e. The number of fused-ring (bicyclic) bond motifs is 1. The first-order valence-corrected chi connectivity index (χ1v) is 12.9. The van der Waals surface area contributed by atoms with Crippen LogP contribution in [0.15, 0.2) is 40.9 Å². The monoisotopic (exact) mass is 461 g/mol. The second-order valence-electron chi connectivity index (χ2n) is 7.46. The summed E-state index contributed by atoms with van der Waals surface area (Å²) in [5.41, 5.74) is 9.42. The summed E-state index contributed by atoms with van der Waals surface area (Å²) >= 11 is 1.42. The fraction of sp³-hybridized carbons (Fsp3) is 0.381. The van der Waals surface area contributed by atoms with Crippen molar-refractivity contribution in [2.75, 3.05) is 24.9 Å². The van der Waals surface area contributed by atoms with Gasteiger partial charge in [0.2, 0.25) is 5.95 Å². The molecule has 10 heteroatoms. The predicted octanol–water partition coefficient (Wildman–Crippen LogP) is 3.50. The number of hydrogen-bond donors (Lipinski definition) is 1. The second kappa shape index (κ2) is 9.27. The molecule has 1 aromatic carbocycles. The molecule has 8 nitrogen and oxygen atoms in total. The summed E-state index contributed by atoms with van der Waals surface area (Å²) in [6.45, 7) is 8.26. The number of sulfone groups is 1. The van der Waals surface area contributed by atoms with Crippen LogP contribution in [0.3, 0.4) is 0 Å². The maximum Gasteiger partial charge on any atom is 0.225 e. The summed E-state index contributed by atoms with van der Waals surface area (Å²) < 4.78 is 31.5. The maximum absolute atomic E-state index is 12.0. The first kappa shape index (κ1) is 23.1. The lowest BCUT2D eigenvalue weighted by atomic mass is 9.98. The topological polar surface area (TPSA) is 112 Å². The first-order valence-electron chi connectivity index (χ1n) is 9.81. The molecule has 0 amide bonds. The number of ether oxygens (including phenoxy) is 1. The standard InChI is InChI=1S/C21H27N5O3S2/c1-6-7-10-29-17-12-15(31(5,27)28)9-8-14(17)11-16-18(13(2)3)19-23-21(30-4)24-20(22)26(19)25-16/h6,8-9,12-13H,1,7,10-11H2,2-5H3,(H2,22,23,24). The molecule has 2 aromatic heterocycles. The van der Waals surface area contributed by atoms with Crippen molar-refractivity contribution >= 4 is 33.2 Å². The summed E-state index contributed by atoms with van der Waals surface area (Å²) in [6.07, 6.45) is 5.92. The Kier molecular flexibility index (Phi) is 6.90. The van der Waals surface area contributed by atoms with E-state index >= 15 is 0 Å². The Morgan fingerprint density at radius 1 is 1.32 bits per heavy atom. The van der Waals surface area contributed by atoms with Gasteiger partial charge in [0.15, 0.2) is 20.6 Å². The summed E-state index contributed by atoms with van der Waals surface area (Å²) in [5, 5.41) is 5.27. The van der Waals surface area contributed by atoms with Gasteiger partial charge in [-0.3, -0.25) is 0 Å². The Hall–Kier alpha value is -2.59. The van der Waals surface area contributed by atoms with E-state index in [0.29, 0.717) is 36.0 Å².